The number of aromatic amines is 1. The predicted molar refractivity (Wildman–Crippen MR) is 111 cm³/mol. The first-order chi connectivity index (χ1) is 14.0. The first-order valence-corrected chi connectivity index (χ1v) is 9.82. The van der Waals surface area contributed by atoms with Crippen molar-refractivity contribution in [2.45, 2.75) is 37.9 Å². The van der Waals surface area contributed by atoms with Crippen molar-refractivity contribution in [2.75, 3.05) is 6.54 Å². The molecule has 0 saturated carbocycles. The number of nitrogens with zero attached hydrogens (tertiary/aromatic N) is 2. The number of nitrogens with one attached hydrogen (secondary N) is 2. The third-order valence-electron chi connectivity index (χ3n) is 5.75. The van der Waals surface area contributed by atoms with Crippen LogP contribution in [0.25, 0.3) is 10.9 Å². The Hall–Kier alpha value is -3.19. The average molecular weight is 391 g/mol. The van der Waals surface area contributed by atoms with E-state index >= 15 is 0 Å². The van der Waals surface area contributed by atoms with Crippen LogP contribution in [-0.4, -0.2) is 45.3 Å². The largest absolute Gasteiger partial charge is 0.368 e. The van der Waals surface area contributed by atoms with Crippen LogP contribution in [0.2, 0.25) is 0 Å². The van der Waals surface area contributed by atoms with Crippen molar-refractivity contribution in [3.8, 4) is 0 Å². The maximum Gasteiger partial charge on any atom is 0.237 e. The fourth-order valence-corrected chi connectivity index (χ4v) is 4.14. The molecule has 1 aliphatic rings. The van der Waals surface area contributed by atoms with Crippen LogP contribution in [0.3, 0.4) is 0 Å². The van der Waals surface area contributed by atoms with Gasteiger partial charge in [-0.25, -0.2) is 0 Å². The number of likely N-dealkylation sites (tertiary alicyclic amines) is 1. The molecule has 1 saturated heterocycles. The summed E-state index contributed by atoms with van der Waals surface area (Å²) in [6, 6.07) is 13.1. The number of amides is 2. The number of carbonyl (C=O) groups excluding carboxylic acids is 2. The minimum Gasteiger partial charge on any atom is -0.368 e. The molecule has 1 aromatic carbocycles. The highest BCUT2D eigenvalue weighted by molar-refractivity contribution is 5.85. The molecule has 3 atom stereocenters. The van der Waals surface area contributed by atoms with Gasteiger partial charge in [0.2, 0.25) is 11.8 Å². The number of hydrogen-bond acceptors (Lipinski definition) is 4. The molecule has 7 nitrogen and oxygen atoms in total. The summed E-state index contributed by atoms with van der Waals surface area (Å²) in [6.07, 6.45) is 4.13. The lowest BCUT2D eigenvalue weighted by atomic mass is 9.96. The van der Waals surface area contributed by atoms with E-state index in [0.717, 1.165) is 16.6 Å². The van der Waals surface area contributed by atoms with Gasteiger partial charge < -0.3 is 16.0 Å². The first-order valence-electron chi connectivity index (χ1n) is 9.82. The van der Waals surface area contributed by atoms with Gasteiger partial charge in [0.25, 0.3) is 0 Å². The molecule has 1 aliphatic heterocycles. The van der Waals surface area contributed by atoms with E-state index in [1.165, 1.54) is 5.56 Å². The summed E-state index contributed by atoms with van der Waals surface area (Å²) in [6.45, 7) is 2.84. The lowest BCUT2D eigenvalue weighted by Crippen LogP contribution is -2.51. The number of rotatable bonds is 6. The van der Waals surface area contributed by atoms with Gasteiger partial charge in [0, 0.05) is 23.8 Å². The Labute approximate surface area is 169 Å². The summed E-state index contributed by atoms with van der Waals surface area (Å²) in [5.41, 5.74) is 8.66. The number of carbonyl (C=O) groups is 2. The van der Waals surface area contributed by atoms with Gasteiger partial charge in [-0.1, -0.05) is 30.3 Å². The van der Waals surface area contributed by atoms with Crippen molar-refractivity contribution in [2.24, 2.45) is 5.73 Å². The average Bonchev–Trinajstić information content (AvgIpc) is 3.36. The van der Waals surface area contributed by atoms with Crippen LogP contribution >= 0.6 is 0 Å². The van der Waals surface area contributed by atoms with E-state index in [9.17, 15) is 9.59 Å². The second-order valence-electron chi connectivity index (χ2n) is 7.61. The fraction of sp³-hybridized carbons (Fsp3) is 0.318. The fourth-order valence-electron chi connectivity index (χ4n) is 4.14. The summed E-state index contributed by atoms with van der Waals surface area (Å²) in [5.74, 6) is -0.321. The van der Waals surface area contributed by atoms with E-state index in [-0.39, 0.29) is 17.7 Å². The van der Waals surface area contributed by atoms with Crippen LogP contribution in [0, 0.1) is 0 Å². The zero-order valence-electron chi connectivity index (χ0n) is 16.3. The summed E-state index contributed by atoms with van der Waals surface area (Å²) in [7, 11) is 0. The smallest absolute Gasteiger partial charge is 0.237 e. The number of benzene rings is 1. The Balaban J connectivity index is 1.43. The van der Waals surface area contributed by atoms with Crippen molar-refractivity contribution in [1.29, 1.82) is 0 Å². The Morgan fingerprint density at radius 3 is 2.83 bits per heavy atom. The molecular weight excluding hydrogens is 366 g/mol. The predicted octanol–water partition coefficient (Wildman–Crippen LogP) is 1.91. The van der Waals surface area contributed by atoms with E-state index in [2.05, 4.69) is 27.4 Å². The molecule has 29 heavy (non-hydrogen) atoms. The Bertz CT molecular complexity index is 983. The second-order valence-corrected chi connectivity index (χ2v) is 7.61. The van der Waals surface area contributed by atoms with E-state index in [1.807, 2.05) is 42.2 Å². The van der Waals surface area contributed by atoms with Crippen molar-refractivity contribution in [3.63, 3.8) is 0 Å². The van der Waals surface area contributed by atoms with Gasteiger partial charge >= 0.3 is 0 Å². The second kappa shape index (κ2) is 8.05. The molecule has 0 radical (unpaired) electrons. The lowest BCUT2D eigenvalue weighted by Gasteiger charge is -2.28. The van der Waals surface area contributed by atoms with Gasteiger partial charge in [-0.3, -0.25) is 19.5 Å². The molecule has 2 unspecified atom stereocenters. The van der Waals surface area contributed by atoms with E-state index in [1.54, 1.807) is 12.4 Å². The third-order valence-corrected chi connectivity index (χ3v) is 5.75. The van der Waals surface area contributed by atoms with Crippen LogP contribution in [0.1, 0.15) is 30.5 Å². The zero-order valence-corrected chi connectivity index (χ0v) is 16.3. The molecule has 2 aromatic heterocycles. The molecule has 150 valence electrons. The Morgan fingerprint density at radius 1 is 1.31 bits per heavy atom. The van der Waals surface area contributed by atoms with Gasteiger partial charge in [-0.2, -0.15) is 0 Å². The zero-order chi connectivity index (χ0) is 20.4. The molecule has 0 aliphatic carbocycles. The highest BCUT2D eigenvalue weighted by atomic mass is 16.2. The quantitative estimate of drug-likeness (QED) is 0.597. The Morgan fingerprint density at radius 2 is 2.10 bits per heavy atom. The van der Waals surface area contributed by atoms with E-state index in [0.29, 0.717) is 19.5 Å². The minimum atomic E-state index is -0.452. The third kappa shape index (κ3) is 4.00. The SMILES string of the molecule is C[C@@H](C(=O)NCc1cc2ccncc2[nH]1)N1CC(c2ccccc2)CC1C(N)=O. The topological polar surface area (TPSA) is 104 Å². The summed E-state index contributed by atoms with van der Waals surface area (Å²) < 4.78 is 0. The van der Waals surface area contributed by atoms with Gasteiger partial charge in [-0.15, -0.1) is 0 Å². The highest BCUT2D eigenvalue weighted by Gasteiger charge is 2.40. The maximum absolute atomic E-state index is 12.8. The van der Waals surface area contributed by atoms with Crippen LogP contribution in [-0.2, 0) is 16.1 Å². The number of fused-ring (bicyclic) bond motifs is 1. The molecular formula is C22H25N5O2. The summed E-state index contributed by atoms with van der Waals surface area (Å²) in [4.78, 5) is 34.1. The van der Waals surface area contributed by atoms with Gasteiger partial charge in [0.1, 0.15) is 0 Å². The summed E-state index contributed by atoms with van der Waals surface area (Å²) >= 11 is 0. The van der Waals surface area contributed by atoms with Crippen LogP contribution < -0.4 is 11.1 Å². The molecule has 0 spiro atoms. The van der Waals surface area contributed by atoms with Gasteiger partial charge in [0.15, 0.2) is 0 Å². The van der Waals surface area contributed by atoms with Crippen LogP contribution in [0.15, 0.2) is 54.9 Å². The number of pyridine rings is 1. The van der Waals surface area contributed by atoms with Gasteiger partial charge in [-0.05, 0) is 37.0 Å². The normalized spacial score (nSPS) is 20.6. The minimum absolute atomic E-state index is 0.123. The monoisotopic (exact) mass is 391 g/mol. The standard InChI is InChI=1S/C22H25N5O2/c1-14(22(29)25-11-18-9-16-7-8-24-12-19(16)26-18)27-13-17(10-20(27)21(23)28)15-5-3-2-4-6-15/h2-9,12,14,17,20,26H,10-11,13H2,1H3,(H2,23,28)(H,25,29)/t14-,17?,20?/m0/s1. The summed E-state index contributed by atoms with van der Waals surface area (Å²) in [5, 5.41) is 4.02. The molecule has 4 rings (SSSR count). The maximum atomic E-state index is 12.8. The number of aromatic nitrogens is 2. The number of hydrogen-bond donors (Lipinski definition) is 3. The molecule has 3 aromatic rings. The van der Waals surface area contributed by atoms with Gasteiger partial charge in [0.05, 0.1) is 30.3 Å². The lowest BCUT2D eigenvalue weighted by molar-refractivity contribution is -0.129. The number of nitrogens with two attached hydrogens (primary N) is 1. The first kappa shape index (κ1) is 19.1. The number of H-pyrrole nitrogens is 1. The van der Waals surface area contributed by atoms with Crippen molar-refractivity contribution in [1.82, 2.24) is 20.2 Å². The molecule has 0 bridgehead atoms. The molecule has 7 heteroatoms. The molecule has 4 N–H and O–H groups in total. The Kier molecular flexibility index (Phi) is 5.31. The molecule has 1 fully saturated rings. The van der Waals surface area contributed by atoms with E-state index in [4.69, 9.17) is 5.73 Å². The molecule has 2 amide bonds. The van der Waals surface area contributed by atoms with Crippen molar-refractivity contribution in [3.05, 3.63) is 66.1 Å². The molecule has 3 heterocycles. The van der Waals surface area contributed by atoms with Crippen molar-refractivity contribution >= 4 is 22.7 Å². The highest BCUT2D eigenvalue weighted by Crippen LogP contribution is 2.33. The number of primary amides is 1. The van der Waals surface area contributed by atoms with Crippen molar-refractivity contribution < 1.29 is 9.59 Å². The van der Waals surface area contributed by atoms with Crippen LogP contribution in [0.4, 0.5) is 0 Å². The van der Waals surface area contributed by atoms with Crippen LogP contribution in [0.5, 0.6) is 0 Å². The van der Waals surface area contributed by atoms with E-state index < -0.39 is 12.1 Å².